The first-order chi connectivity index (χ1) is 8.65. The molecule has 18 heavy (non-hydrogen) atoms. The molecule has 7 heteroatoms. The van der Waals surface area contributed by atoms with E-state index in [9.17, 15) is 0 Å². The van der Waals surface area contributed by atoms with E-state index in [1.807, 2.05) is 0 Å². The minimum Gasteiger partial charge on any atom is -0.329 e. The molecule has 1 aromatic carbocycles. The zero-order chi connectivity index (χ0) is 12.7. The van der Waals surface area contributed by atoms with E-state index in [0.29, 0.717) is 32.5 Å². The molecule has 0 radical (unpaired) electrons. The molecule has 0 aliphatic rings. The van der Waals surface area contributed by atoms with Crippen molar-refractivity contribution in [2.24, 2.45) is 0 Å². The number of fused-ring (bicyclic) bond motifs is 1. The summed E-state index contributed by atoms with van der Waals surface area (Å²) in [5.74, 6) is 0. The number of hydrogen-bond donors (Lipinski definition) is 1. The second-order valence-electron chi connectivity index (χ2n) is 3.57. The Morgan fingerprint density at radius 2 is 1.89 bits per heavy atom. The summed E-state index contributed by atoms with van der Waals surface area (Å²) in [4.78, 5) is 15.3. The maximum absolute atomic E-state index is 6.16. The molecule has 0 unspecified atom stereocenters. The van der Waals surface area contributed by atoms with Gasteiger partial charge in [0.15, 0.2) is 5.65 Å². The van der Waals surface area contributed by atoms with Crippen molar-refractivity contribution in [3.8, 4) is 11.3 Å². The highest BCUT2D eigenvalue weighted by Gasteiger charge is 2.14. The lowest BCUT2D eigenvalue weighted by Gasteiger charge is -2.05. The van der Waals surface area contributed by atoms with Crippen LogP contribution in [0, 0.1) is 0 Å². The number of halogens is 3. The van der Waals surface area contributed by atoms with Crippen LogP contribution in [0.3, 0.4) is 0 Å². The van der Waals surface area contributed by atoms with E-state index in [1.165, 1.54) is 6.33 Å². The van der Waals surface area contributed by atoms with Crippen LogP contribution in [0.15, 0.2) is 24.5 Å². The van der Waals surface area contributed by atoms with Crippen LogP contribution in [0.25, 0.3) is 22.4 Å². The largest absolute Gasteiger partial charge is 0.329 e. The summed E-state index contributed by atoms with van der Waals surface area (Å²) >= 11 is 17.9. The fourth-order valence-corrected chi connectivity index (χ4v) is 2.34. The number of imidazole rings is 1. The Labute approximate surface area is 117 Å². The lowest BCUT2D eigenvalue weighted by Crippen LogP contribution is -1.91. The van der Waals surface area contributed by atoms with Gasteiger partial charge in [0.05, 0.1) is 11.3 Å². The molecule has 2 heterocycles. The number of nitrogens with zero attached hydrogens (tertiary/aromatic N) is 3. The van der Waals surface area contributed by atoms with Gasteiger partial charge in [0.25, 0.3) is 0 Å². The predicted molar refractivity (Wildman–Crippen MR) is 72.1 cm³/mol. The highest BCUT2D eigenvalue weighted by atomic mass is 35.5. The van der Waals surface area contributed by atoms with E-state index in [2.05, 4.69) is 19.9 Å². The Balaban J connectivity index is 2.33. The molecule has 0 saturated heterocycles. The van der Waals surface area contributed by atoms with Gasteiger partial charge in [-0.05, 0) is 29.8 Å². The van der Waals surface area contributed by atoms with Crippen molar-refractivity contribution in [3.05, 3.63) is 39.9 Å². The molecule has 4 nitrogen and oxygen atoms in total. The highest BCUT2D eigenvalue weighted by molar-refractivity contribution is 6.36. The van der Waals surface area contributed by atoms with Crippen molar-refractivity contribution >= 4 is 46.0 Å². The number of benzene rings is 1. The van der Waals surface area contributed by atoms with E-state index in [-0.39, 0.29) is 5.28 Å². The maximum Gasteiger partial charge on any atom is 0.225 e. The van der Waals surface area contributed by atoms with Crippen molar-refractivity contribution < 1.29 is 0 Å². The van der Waals surface area contributed by atoms with Gasteiger partial charge in [0.1, 0.15) is 11.2 Å². The van der Waals surface area contributed by atoms with Gasteiger partial charge < -0.3 is 4.98 Å². The fourth-order valence-electron chi connectivity index (χ4n) is 1.68. The van der Waals surface area contributed by atoms with Crippen LogP contribution in [0.2, 0.25) is 15.3 Å². The van der Waals surface area contributed by atoms with Gasteiger partial charge in [-0.3, -0.25) is 0 Å². The Bertz CT molecular complexity index is 738. The molecule has 90 valence electrons. The van der Waals surface area contributed by atoms with Crippen LogP contribution in [-0.4, -0.2) is 19.9 Å². The third-order valence-electron chi connectivity index (χ3n) is 2.44. The number of H-pyrrole nitrogens is 1. The van der Waals surface area contributed by atoms with Crippen LogP contribution in [0.4, 0.5) is 0 Å². The van der Waals surface area contributed by atoms with Gasteiger partial charge in [-0.2, -0.15) is 4.98 Å². The molecule has 0 spiro atoms. The Morgan fingerprint density at radius 3 is 2.67 bits per heavy atom. The van der Waals surface area contributed by atoms with Crippen LogP contribution in [0.5, 0.6) is 0 Å². The molecule has 0 aliphatic carbocycles. The first-order valence-electron chi connectivity index (χ1n) is 4.97. The van der Waals surface area contributed by atoms with Crippen LogP contribution in [-0.2, 0) is 0 Å². The zero-order valence-corrected chi connectivity index (χ0v) is 11.1. The van der Waals surface area contributed by atoms with Crippen molar-refractivity contribution in [2.45, 2.75) is 0 Å². The van der Waals surface area contributed by atoms with Crippen molar-refractivity contribution in [1.29, 1.82) is 0 Å². The molecule has 1 N–H and O–H groups in total. The second-order valence-corrected chi connectivity index (χ2v) is 4.75. The van der Waals surface area contributed by atoms with Gasteiger partial charge in [-0.15, -0.1) is 0 Å². The first-order valence-corrected chi connectivity index (χ1v) is 6.10. The van der Waals surface area contributed by atoms with Crippen LogP contribution < -0.4 is 0 Å². The average Bonchev–Trinajstić information content (AvgIpc) is 2.76. The fraction of sp³-hybridized carbons (Fsp3) is 0. The topological polar surface area (TPSA) is 54.5 Å². The van der Waals surface area contributed by atoms with Crippen LogP contribution in [0.1, 0.15) is 0 Å². The van der Waals surface area contributed by atoms with Crippen molar-refractivity contribution in [1.82, 2.24) is 19.9 Å². The molecule has 3 aromatic rings. The Kier molecular flexibility index (Phi) is 2.86. The zero-order valence-electron chi connectivity index (χ0n) is 8.78. The van der Waals surface area contributed by atoms with Crippen LogP contribution >= 0.6 is 34.8 Å². The summed E-state index contributed by atoms with van der Waals surface area (Å²) in [5, 5.41) is 1.18. The van der Waals surface area contributed by atoms with E-state index in [4.69, 9.17) is 34.8 Å². The van der Waals surface area contributed by atoms with Gasteiger partial charge in [0.2, 0.25) is 5.28 Å². The minimum absolute atomic E-state index is 0.132. The van der Waals surface area contributed by atoms with E-state index in [0.717, 1.165) is 0 Å². The molecule has 0 saturated carbocycles. The number of aromatic amines is 1. The van der Waals surface area contributed by atoms with Crippen molar-refractivity contribution in [2.75, 3.05) is 0 Å². The van der Waals surface area contributed by atoms with Crippen molar-refractivity contribution in [3.63, 3.8) is 0 Å². The normalized spacial score (nSPS) is 11.1. The molecule has 3 rings (SSSR count). The molecular formula is C11H5Cl3N4. The third-order valence-corrected chi connectivity index (χ3v) is 3.15. The summed E-state index contributed by atoms with van der Waals surface area (Å²) < 4.78 is 0. The van der Waals surface area contributed by atoms with Gasteiger partial charge >= 0.3 is 0 Å². The van der Waals surface area contributed by atoms with Gasteiger partial charge in [-0.25, -0.2) is 9.97 Å². The highest BCUT2D eigenvalue weighted by Crippen LogP contribution is 2.32. The van der Waals surface area contributed by atoms with E-state index >= 15 is 0 Å². The Morgan fingerprint density at radius 1 is 1.06 bits per heavy atom. The summed E-state index contributed by atoms with van der Waals surface area (Å²) in [6.45, 7) is 0. The molecule has 2 aromatic heterocycles. The molecule has 0 amide bonds. The second kappa shape index (κ2) is 4.39. The quantitative estimate of drug-likeness (QED) is 0.691. The number of nitrogens with one attached hydrogen (secondary N) is 1. The SMILES string of the molecule is Clc1ccc(-c2nc(Cl)nc3[nH]cnc23)c(Cl)c1. The van der Waals surface area contributed by atoms with E-state index in [1.54, 1.807) is 18.2 Å². The summed E-state index contributed by atoms with van der Waals surface area (Å²) in [6.07, 6.45) is 1.53. The van der Waals surface area contributed by atoms with E-state index < -0.39 is 0 Å². The summed E-state index contributed by atoms with van der Waals surface area (Å²) in [6, 6.07) is 5.15. The minimum atomic E-state index is 0.132. The average molecular weight is 300 g/mol. The van der Waals surface area contributed by atoms with Gasteiger partial charge in [-0.1, -0.05) is 23.2 Å². The number of aromatic nitrogens is 4. The smallest absolute Gasteiger partial charge is 0.225 e. The monoisotopic (exact) mass is 298 g/mol. The molecule has 0 bridgehead atoms. The molecule has 0 fully saturated rings. The predicted octanol–water partition coefficient (Wildman–Crippen LogP) is 3.98. The summed E-state index contributed by atoms with van der Waals surface area (Å²) in [5.41, 5.74) is 2.47. The Hall–Kier alpha value is -1.36. The lowest BCUT2D eigenvalue weighted by atomic mass is 10.1. The third kappa shape index (κ3) is 1.92. The first kappa shape index (κ1) is 11.7. The lowest BCUT2D eigenvalue weighted by molar-refractivity contribution is 1.20. The maximum atomic E-state index is 6.16. The molecule has 0 atom stereocenters. The summed E-state index contributed by atoms with van der Waals surface area (Å²) in [7, 11) is 0. The standard InChI is InChI=1S/C11H5Cl3N4/c12-5-1-2-6(7(13)3-5)8-9-10(16-4-15-9)18-11(14)17-8/h1-4H,(H,15,16,17,18). The number of rotatable bonds is 1. The molecular weight excluding hydrogens is 295 g/mol. The number of hydrogen-bond acceptors (Lipinski definition) is 3. The molecule has 0 aliphatic heterocycles. The van der Waals surface area contributed by atoms with Gasteiger partial charge in [0, 0.05) is 10.6 Å².